The van der Waals surface area contributed by atoms with Crippen LogP contribution in [-0.4, -0.2) is 12.6 Å². The Balaban J connectivity index is 2.54. The van der Waals surface area contributed by atoms with Crippen molar-refractivity contribution in [3.05, 3.63) is 34.9 Å². The number of hydrogen-bond acceptors (Lipinski definition) is 2. The molecule has 1 aromatic carbocycles. The third-order valence-electron chi connectivity index (χ3n) is 2.96. The lowest BCUT2D eigenvalue weighted by Crippen LogP contribution is -2.28. The number of hydrogen-bond donors (Lipinski definition) is 2. The van der Waals surface area contributed by atoms with Gasteiger partial charge in [0.1, 0.15) is 0 Å². The van der Waals surface area contributed by atoms with Gasteiger partial charge in [-0.3, -0.25) is 0 Å². The Hall–Kier alpha value is -0.860. The fraction of sp³-hybridized carbons (Fsp3) is 0.538. The molecule has 0 radical (unpaired) electrons. The molecule has 2 nitrogen and oxygen atoms in total. The Labute approximate surface area is 92.9 Å². The molecule has 1 aromatic rings. The van der Waals surface area contributed by atoms with Gasteiger partial charge in [0.2, 0.25) is 0 Å². The summed E-state index contributed by atoms with van der Waals surface area (Å²) in [5.74, 6) is 0. The Morgan fingerprint density at radius 2 is 2.07 bits per heavy atom. The summed E-state index contributed by atoms with van der Waals surface area (Å²) in [4.78, 5) is 0. The number of nitrogens with two attached hydrogens (primary N) is 1. The summed E-state index contributed by atoms with van der Waals surface area (Å²) in [6.45, 7) is 8.20. The summed E-state index contributed by atoms with van der Waals surface area (Å²) >= 11 is 0. The molecule has 0 aliphatic heterocycles. The Bertz CT molecular complexity index is 307. The van der Waals surface area contributed by atoms with Gasteiger partial charge in [-0.25, -0.2) is 0 Å². The average Bonchev–Trinajstić information content (AvgIpc) is 2.21. The van der Waals surface area contributed by atoms with Crippen molar-refractivity contribution in [1.82, 2.24) is 5.32 Å². The highest BCUT2D eigenvalue weighted by atomic mass is 14.9. The predicted octanol–water partition coefficient (Wildman–Crippen LogP) is 2.13. The van der Waals surface area contributed by atoms with Crippen LogP contribution in [0, 0.1) is 13.8 Å². The summed E-state index contributed by atoms with van der Waals surface area (Å²) in [5, 5.41) is 3.49. The Kier molecular flexibility index (Phi) is 4.79. The van der Waals surface area contributed by atoms with Crippen LogP contribution in [0.3, 0.4) is 0 Å². The molecule has 1 rings (SSSR count). The van der Waals surface area contributed by atoms with Gasteiger partial charge in [-0.15, -0.1) is 0 Å². The predicted molar refractivity (Wildman–Crippen MR) is 65.9 cm³/mol. The summed E-state index contributed by atoms with van der Waals surface area (Å²) in [6.07, 6.45) is 1.03. The van der Waals surface area contributed by atoms with Crippen molar-refractivity contribution in [2.24, 2.45) is 5.73 Å². The lowest BCUT2D eigenvalue weighted by atomic mass is 10.0. The molecule has 0 heterocycles. The Morgan fingerprint density at radius 1 is 1.33 bits per heavy atom. The van der Waals surface area contributed by atoms with Crippen LogP contribution < -0.4 is 11.1 Å². The van der Waals surface area contributed by atoms with Gasteiger partial charge < -0.3 is 11.1 Å². The van der Waals surface area contributed by atoms with E-state index in [2.05, 4.69) is 44.3 Å². The minimum absolute atomic E-state index is 0.495. The van der Waals surface area contributed by atoms with Crippen molar-refractivity contribution in [3.63, 3.8) is 0 Å². The molecular formula is C13H22N2. The summed E-state index contributed by atoms with van der Waals surface area (Å²) in [6, 6.07) is 6.95. The first-order valence-corrected chi connectivity index (χ1v) is 5.63. The van der Waals surface area contributed by atoms with Crippen LogP contribution in [0.15, 0.2) is 18.2 Å². The fourth-order valence-corrected chi connectivity index (χ4v) is 1.64. The van der Waals surface area contributed by atoms with E-state index in [0.717, 1.165) is 19.5 Å². The topological polar surface area (TPSA) is 38.0 Å². The number of benzene rings is 1. The molecule has 0 saturated carbocycles. The molecule has 3 N–H and O–H groups in total. The second kappa shape index (κ2) is 5.89. The first-order valence-electron chi connectivity index (χ1n) is 5.63. The third kappa shape index (κ3) is 3.65. The SMILES string of the molecule is Cc1cccc(CNC(C)CCN)c1C. The molecule has 0 bridgehead atoms. The molecular weight excluding hydrogens is 184 g/mol. The second-order valence-corrected chi connectivity index (χ2v) is 4.22. The molecule has 0 aromatic heterocycles. The van der Waals surface area contributed by atoms with E-state index >= 15 is 0 Å². The zero-order valence-electron chi connectivity index (χ0n) is 10.0. The van der Waals surface area contributed by atoms with Crippen molar-refractivity contribution in [2.45, 2.75) is 39.8 Å². The maximum Gasteiger partial charge on any atom is 0.0210 e. The van der Waals surface area contributed by atoms with Gasteiger partial charge in [0.15, 0.2) is 0 Å². The monoisotopic (exact) mass is 206 g/mol. The summed E-state index contributed by atoms with van der Waals surface area (Å²) < 4.78 is 0. The highest BCUT2D eigenvalue weighted by Crippen LogP contribution is 2.12. The molecule has 0 fully saturated rings. The fourth-order valence-electron chi connectivity index (χ4n) is 1.64. The zero-order chi connectivity index (χ0) is 11.3. The van der Waals surface area contributed by atoms with Gasteiger partial charge in [-0.2, -0.15) is 0 Å². The lowest BCUT2D eigenvalue weighted by Gasteiger charge is -2.14. The van der Waals surface area contributed by atoms with Crippen molar-refractivity contribution < 1.29 is 0 Å². The molecule has 84 valence electrons. The van der Waals surface area contributed by atoms with Gasteiger partial charge in [-0.1, -0.05) is 18.2 Å². The van der Waals surface area contributed by atoms with Crippen molar-refractivity contribution in [3.8, 4) is 0 Å². The number of nitrogens with one attached hydrogen (secondary N) is 1. The molecule has 0 amide bonds. The third-order valence-corrected chi connectivity index (χ3v) is 2.96. The second-order valence-electron chi connectivity index (χ2n) is 4.22. The average molecular weight is 206 g/mol. The van der Waals surface area contributed by atoms with Gasteiger partial charge in [0.05, 0.1) is 0 Å². The summed E-state index contributed by atoms with van der Waals surface area (Å²) in [5.41, 5.74) is 9.66. The quantitative estimate of drug-likeness (QED) is 0.774. The van der Waals surface area contributed by atoms with Crippen LogP contribution in [0.5, 0.6) is 0 Å². The van der Waals surface area contributed by atoms with Gasteiger partial charge in [-0.05, 0) is 50.4 Å². The first-order chi connectivity index (χ1) is 7.15. The van der Waals surface area contributed by atoms with Gasteiger partial charge >= 0.3 is 0 Å². The maximum atomic E-state index is 5.51. The smallest absolute Gasteiger partial charge is 0.0210 e. The molecule has 15 heavy (non-hydrogen) atoms. The maximum absolute atomic E-state index is 5.51. The lowest BCUT2D eigenvalue weighted by molar-refractivity contribution is 0.519. The van der Waals surface area contributed by atoms with Crippen LogP contribution in [0.1, 0.15) is 30.0 Å². The van der Waals surface area contributed by atoms with E-state index in [1.165, 1.54) is 16.7 Å². The van der Waals surface area contributed by atoms with Crippen LogP contribution in [0.25, 0.3) is 0 Å². The summed E-state index contributed by atoms with van der Waals surface area (Å²) in [7, 11) is 0. The van der Waals surface area contributed by atoms with Crippen molar-refractivity contribution >= 4 is 0 Å². The first kappa shape index (κ1) is 12.2. The molecule has 0 spiro atoms. The van der Waals surface area contributed by atoms with E-state index in [9.17, 15) is 0 Å². The highest BCUT2D eigenvalue weighted by Gasteiger charge is 2.03. The standard InChI is InChI=1S/C13H22N2/c1-10-5-4-6-13(12(10)3)9-15-11(2)7-8-14/h4-6,11,15H,7-9,14H2,1-3H3. The Morgan fingerprint density at radius 3 is 2.73 bits per heavy atom. The minimum Gasteiger partial charge on any atom is -0.330 e. The van der Waals surface area contributed by atoms with E-state index in [1.807, 2.05) is 0 Å². The normalized spacial score (nSPS) is 12.8. The molecule has 2 heteroatoms. The zero-order valence-corrected chi connectivity index (χ0v) is 10.0. The van der Waals surface area contributed by atoms with Crippen molar-refractivity contribution in [1.29, 1.82) is 0 Å². The van der Waals surface area contributed by atoms with Crippen LogP contribution >= 0.6 is 0 Å². The van der Waals surface area contributed by atoms with Crippen LogP contribution in [0.2, 0.25) is 0 Å². The van der Waals surface area contributed by atoms with E-state index < -0.39 is 0 Å². The van der Waals surface area contributed by atoms with E-state index in [-0.39, 0.29) is 0 Å². The molecule has 0 aliphatic carbocycles. The van der Waals surface area contributed by atoms with E-state index in [1.54, 1.807) is 0 Å². The number of aryl methyl sites for hydroxylation is 1. The van der Waals surface area contributed by atoms with Crippen LogP contribution in [0.4, 0.5) is 0 Å². The molecule has 0 aliphatic rings. The van der Waals surface area contributed by atoms with Gasteiger partial charge in [0.25, 0.3) is 0 Å². The number of rotatable bonds is 5. The molecule has 1 atom stereocenters. The largest absolute Gasteiger partial charge is 0.330 e. The van der Waals surface area contributed by atoms with E-state index in [4.69, 9.17) is 5.73 Å². The molecule has 1 unspecified atom stereocenters. The minimum atomic E-state index is 0.495. The van der Waals surface area contributed by atoms with Gasteiger partial charge in [0, 0.05) is 12.6 Å². The van der Waals surface area contributed by atoms with Crippen LogP contribution in [-0.2, 0) is 6.54 Å². The van der Waals surface area contributed by atoms with Crippen molar-refractivity contribution in [2.75, 3.05) is 6.54 Å². The highest BCUT2D eigenvalue weighted by molar-refractivity contribution is 5.32. The van der Waals surface area contributed by atoms with E-state index in [0.29, 0.717) is 6.04 Å². The molecule has 0 saturated heterocycles.